The molecule has 1 aliphatic rings. The number of aromatic nitrogens is 1. The summed E-state index contributed by atoms with van der Waals surface area (Å²) in [6, 6.07) is 25.5. The zero-order valence-electron chi connectivity index (χ0n) is 34.0. The number of carboxylic acids is 1. The van der Waals surface area contributed by atoms with E-state index in [0.29, 0.717) is 51.4 Å². The summed E-state index contributed by atoms with van der Waals surface area (Å²) in [5.41, 5.74) is 4.11. The van der Waals surface area contributed by atoms with Gasteiger partial charge in [0.05, 0.1) is 16.8 Å². The minimum atomic E-state index is -1.10. The van der Waals surface area contributed by atoms with Crippen LogP contribution in [0.25, 0.3) is 16.9 Å². The first kappa shape index (κ1) is 46.4. The van der Waals surface area contributed by atoms with Crippen molar-refractivity contribution in [2.45, 2.75) is 59.2 Å². The largest absolute Gasteiger partial charge is 0.488 e. The number of ketones is 2. The van der Waals surface area contributed by atoms with Gasteiger partial charge in [0.15, 0.2) is 5.78 Å². The van der Waals surface area contributed by atoms with Crippen LogP contribution in [0, 0.1) is 30.2 Å². The second-order valence-electron chi connectivity index (χ2n) is 14.7. The van der Waals surface area contributed by atoms with Gasteiger partial charge in [-0.1, -0.05) is 31.9 Å². The number of halogens is 6. The quantitative estimate of drug-likeness (QED) is 0.0853. The summed E-state index contributed by atoms with van der Waals surface area (Å²) in [6.07, 6.45) is 2.31. The number of benzene rings is 5. The van der Waals surface area contributed by atoms with E-state index >= 15 is 0 Å². The number of carboxylic acid groups (broad SMARTS) is 1. The van der Waals surface area contributed by atoms with E-state index in [-0.39, 0.29) is 66.0 Å². The Labute approximate surface area is 377 Å². The van der Waals surface area contributed by atoms with Gasteiger partial charge >= 0.3 is 5.97 Å². The number of carbonyl (C=O) groups is 4. The molecular weight excluding hydrogens is 952 g/mol. The van der Waals surface area contributed by atoms with Gasteiger partial charge in [0.25, 0.3) is 0 Å². The molecule has 2 heterocycles. The molecule has 0 atom stereocenters. The molecule has 1 N–H and O–H groups in total. The van der Waals surface area contributed by atoms with Crippen LogP contribution in [-0.2, 0) is 22.8 Å². The first-order valence-electron chi connectivity index (χ1n) is 19.7. The molecule has 7 rings (SSSR count). The fourth-order valence-electron chi connectivity index (χ4n) is 6.86. The number of Topliss-reactive ketones (excluding diaryl/α,β-unsaturated/α-hetero) is 2. The zero-order chi connectivity index (χ0) is 45.4. The number of aryl methyl sites for hydroxylation is 1. The van der Waals surface area contributed by atoms with E-state index in [2.05, 4.69) is 31.9 Å². The lowest BCUT2D eigenvalue weighted by Crippen LogP contribution is -2.35. The number of piperidine rings is 1. The molecule has 1 amide bonds. The molecule has 5 aromatic carbocycles. The van der Waals surface area contributed by atoms with Crippen LogP contribution in [0.2, 0.25) is 0 Å². The van der Waals surface area contributed by atoms with Crippen molar-refractivity contribution in [2.75, 3.05) is 11.4 Å². The first-order chi connectivity index (χ1) is 30.1. The smallest absolute Gasteiger partial charge is 0.335 e. The van der Waals surface area contributed by atoms with Crippen LogP contribution in [0.3, 0.4) is 0 Å². The minimum absolute atomic E-state index is 0.0325. The van der Waals surface area contributed by atoms with Crippen molar-refractivity contribution in [2.24, 2.45) is 0 Å². The number of amides is 1. The Hall–Kier alpha value is -6.06. The second-order valence-corrected chi connectivity index (χ2v) is 16.5. The highest BCUT2D eigenvalue weighted by Gasteiger charge is 2.24. The molecule has 15 heteroatoms. The molecule has 0 saturated carbocycles. The summed E-state index contributed by atoms with van der Waals surface area (Å²) in [5.74, 6) is -3.43. The molecule has 6 aromatic rings. The van der Waals surface area contributed by atoms with Gasteiger partial charge in [0.1, 0.15) is 53.8 Å². The van der Waals surface area contributed by atoms with Gasteiger partial charge in [0.2, 0.25) is 5.91 Å². The van der Waals surface area contributed by atoms with E-state index in [1.807, 2.05) is 35.8 Å². The normalized spacial score (nSPS) is 12.4. The number of nitrogens with zero attached hydrogens (tertiary/aromatic N) is 2. The third kappa shape index (κ3) is 11.9. The van der Waals surface area contributed by atoms with E-state index in [9.17, 15) is 41.8 Å². The predicted octanol–water partition coefficient (Wildman–Crippen LogP) is 12.1. The molecule has 63 heavy (non-hydrogen) atoms. The zero-order valence-corrected chi connectivity index (χ0v) is 37.2. The molecule has 326 valence electrons. The average molecular weight is 993 g/mol. The number of rotatable bonds is 14. The van der Waals surface area contributed by atoms with Crippen molar-refractivity contribution in [1.29, 1.82) is 0 Å². The lowest BCUT2D eigenvalue weighted by atomic mass is 10.0. The number of aromatic carboxylic acids is 1. The minimum Gasteiger partial charge on any atom is -0.488 e. The number of carbonyl (C=O) groups excluding carboxylic acids is 3. The topological polar surface area (TPSA) is 115 Å². The van der Waals surface area contributed by atoms with Crippen LogP contribution >= 0.6 is 31.9 Å². The van der Waals surface area contributed by atoms with Crippen LogP contribution in [0.5, 0.6) is 11.5 Å². The van der Waals surface area contributed by atoms with E-state index < -0.39 is 29.2 Å². The van der Waals surface area contributed by atoms with Crippen molar-refractivity contribution in [1.82, 2.24) is 4.57 Å². The summed E-state index contributed by atoms with van der Waals surface area (Å²) in [4.78, 5) is 49.7. The van der Waals surface area contributed by atoms with Crippen molar-refractivity contribution in [3.63, 3.8) is 0 Å². The maximum absolute atomic E-state index is 14.2. The number of hydrogen-bond acceptors (Lipinski definition) is 6. The fraction of sp³-hybridized carbons (Fsp3) is 0.208. The van der Waals surface area contributed by atoms with Gasteiger partial charge in [-0.2, -0.15) is 0 Å². The molecule has 1 aliphatic heterocycles. The van der Waals surface area contributed by atoms with Crippen molar-refractivity contribution in [3.8, 4) is 28.4 Å². The summed E-state index contributed by atoms with van der Waals surface area (Å²) < 4.78 is 69.1. The highest BCUT2D eigenvalue weighted by Crippen LogP contribution is 2.38. The van der Waals surface area contributed by atoms with Gasteiger partial charge in [-0.15, -0.1) is 0 Å². The van der Waals surface area contributed by atoms with Gasteiger partial charge in [-0.05, 0) is 118 Å². The van der Waals surface area contributed by atoms with Crippen LogP contribution in [0.1, 0.15) is 76.6 Å². The summed E-state index contributed by atoms with van der Waals surface area (Å²) in [5, 5.41) is 9.86. The van der Waals surface area contributed by atoms with Crippen molar-refractivity contribution >= 4 is 61.0 Å². The Balaban J connectivity index is 0.000000236. The summed E-state index contributed by atoms with van der Waals surface area (Å²) >= 11 is 6.79. The highest BCUT2D eigenvalue weighted by molar-refractivity contribution is 9.10. The Morgan fingerprint density at radius 1 is 0.698 bits per heavy atom. The van der Waals surface area contributed by atoms with E-state index in [1.165, 1.54) is 31.2 Å². The molecule has 1 saturated heterocycles. The second kappa shape index (κ2) is 20.9. The Morgan fingerprint density at radius 3 is 1.90 bits per heavy atom. The van der Waals surface area contributed by atoms with Crippen LogP contribution in [0.4, 0.5) is 23.2 Å². The lowest BCUT2D eigenvalue weighted by Gasteiger charge is -2.28. The third-order valence-electron chi connectivity index (χ3n) is 10.1. The van der Waals surface area contributed by atoms with Gasteiger partial charge < -0.3 is 28.8 Å². The van der Waals surface area contributed by atoms with Gasteiger partial charge in [-0.25, -0.2) is 22.4 Å². The molecule has 0 spiro atoms. The maximum Gasteiger partial charge on any atom is 0.335 e. The van der Waals surface area contributed by atoms with Crippen molar-refractivity contribution in [3.05, 3.63) is 163 Å². The SMILES string of the molecule is CC(=O)CCC(=O)c1cc(Br)ccc1OCc1ccc(F)cc1F.Cc1ccc(-c2cc(Br)ccc2OCc2ccc(F)cc2F)n1-c1cc(C(=O)O)cc(N2CCCCC2=O)c1. The summed E-state index contributed by atoms with van der Waals surface area (Å²) in [7, 11) is 0. The molecule has 1 aromatic heterocycles. The van der Waals surface area contributed by atoms with E-state index in [4.69, 9.17) is 9.47 Å². The van der Waals surface area contributed by atoms with Crippen LogP contribution in [-0.4, -0.2) is 39.7 Å². The fourth-order valence-corrected chi connectivity index (χ4v) is 7.58. The first-order valence-corrected chi connectivity index (χ1v) is 21.3. The Morgan fingerprint density at radius 2 is 1.30 bits per heavy atom. The van der Waals surface area contributed by atoms with Crippen LogP contribution in [0.15, 0.2) is 112 Å². The molecule has 0 unspecified atom stereocenters. The maximum atomic E-state index is 14.2. The molecule has 9 nitrogen and oxygen atoms in total. The number of ether oxygens (including phenoxy) is 2. The third-order valence-corrected chi connectivity index (χ3v) is 11.1. The number of anilines is 1. The van der Waals surface area contributed by atoms with Gasteiger partial charge in [0, 0.05) is 80.6 Å². The molecule has 1 fully saturated rings. The summed E-state index contributed by atoms with van der Waals surface area (Å²) in [6.45, 7) is 3.59. The molecule has 0 bridgehead atoms. The average Bonchev–Trinajstić information content (AvgIpc) is 3.63. The standard InChI is InChI=1S/C30H25BrF2N2O4.C18H15BrF2O3/c1-18-5-9-27(25-14-21(31)7-10-28(25)39-17-19-6-8-22(32)15-26(19)33)35(18)24-13-20(30(37)38)12-23(16-24)34-11-3-2-4-29(34)36;1-11(22)2-6-17(23)15-8-13(19)4-7-18(15)24-10-12-3-5-14(20)9-16(12)21/h5-10,12-16H,2-4,11,17H2,1H3,(H,37,38);3-5,7-9H,2,6,10H2,1H3. The highest BCUT2D eigenvalue weighted by atomic mass is 79.9. The number of hydrogen-bond donors (Lipinski definition) is 1. The molecule has 0 aliphatic carbocycles. The van der Waals surface area contributed by atoms with Crippen LogP contribution < -0.4 is 14.4 Å². The Kier molecular flexibility index (Phi) is 15.4. The molecule has 0 radical (unpaired) electrons. The van der Waals surface area contributed by atoms with Crippen molar-refractivity contribution < 1.29 is 51.3 Å². The van der Waals surface area contributed by atoms with Gasteiger partial charge in [-0.3, -0.25) is 9.59 Å². The molecular formula is C48H40Br2F4N2O7. The van der Waals surface area contributed by atoms with E-state index in [0.717, 1.165) is 41.2 Å². The lowest BCUT2D eigenvalue weighted by molar-refractivity contribution is -0.119. The monoisotopic (exact) mass is 990 g/mol. The Bertz CT molecular complexity index is 2700. The predicted molar refractivity (Wildman–Crippen MR) is 237 cm³/mol. The van der Waals surface area contributed by atoms with E-state index in [1.54, 1.807) is 41.3 Å².